The summed E-state index contributed by atoms with van der Waals surface area (Å²) < 4.78 is 73.2. The Morgan fingerprint density at radius 1 is 1.67 bits per heavy atom. The molecule has 0 amide bonds. The van der Waals surface area contributed by atoms with Crippen molar-refractivity contribution in [1.82, 2.24) is 9.97 Å². The molecule has 0 aromatic carbocycles. The number of ether oxygens (including phenoxy) is 2. The summed E-state index contributed by atoms with van der Waals surface area (Å²) in [6.07, 6.45) is -1.12. The summed E-state index contributed by atoms with van der Waals surface area (Å²) in [7, 11) is -3.20. The summed E-state index contributed by atoms with van der Waals surface area (Å²) in [4.78, 5) is 6.89. The molecule has 0 aliphatic heterocycles. The van der Waals surface area contributed by atoms with E-state index in [9.17, 15) is 0 Å². The zero-order chi connectivity index (χ0) is 16.6. The predicted octanol–water partition coefficient (Wildman–Crippen LogP) is 1.26. The highest BCUT2D eigenvalue weighted by molar-refractivity contribution is 9.10. The summed E-state index contributed by atoms with van der Waals surface area (Å²) in [5, 5.41) is 0. The molecule has 0 radical (unpaired) electrons. The van der Waals surface area contributed by atoms with E-state index in [1.807, 2.05) is 0 Å². The van der Waals surface area contributed by atoms with Crippen molar-refractivity contribution in [3.05, 3.63) is 16.9 Å². The molecule has 1 heterocycles. The Hall–Kier alpha value is -0.680. The Balaban J connectivity index is 3.07. The minimum atomic E-state index is -3.36. The van der Waals surface area contributed by atoms with Crippen LogP contribution in [0.25, 0.3) is 0 Å². The lowest BCUT2D eigenvalue weighted by Crippen LogP contribution is -2.05. The van der Waals surface area contributed by atoms with E-state index in [0.717, 1.165) is 0 Å². The highest BCUT2D eigenvalue weighted by atomic mass is 79.9. The average Bonchev–Trinajstić information content (AvgIpc) is 2.21. The van der Waals surface area contributed by atoms with Gasteiger partial charge >= 0.3 is 0 Å². The fraction of sp³-hybridized carbons (Fsp3) is 0.429. The highest BCUT2D eigenvalue weighted by Gasteiger charge is 1.94. The largest absolute Gasteiger partial charge is 0.474 e. The maximum atomic E-state index is 7.44. The van der Waals surface area contributed by atoms with Crippen LogP contribution in [-0.2, 0) is 4.74 Å². The molecular formula is C7H9BrN2O2. The summed E-state index contributed by atoms with van der Waals surface area (Å²) >= 11 is 2.84. The minimum absolute atomic E-state index is 0.0813. The first-order valence-electron chi connectivity index (χ1n) is 7.15. The van der Waals surface area contributed by atoms with Crippen molar-refractivity contribution in [2.75, 3.05) is 20.2 Å². The Bertz CT molecular complexity index is 536. The van der Waals surface area contributed by atoms with Crippen molar-refractivity contribution in [3.8, 4) is 5.88 Å². The molecule has 0 N–H and O–H groups in total. The van der Waals surface area contributed by atoms with Crippen LogP contribution < -0.4 is 4.74 Å². The van der Waals surface area contributed by atoms with Gasteiger partial charge in [-0.05, 0) is 15.9 Å². The van der Waals surface area contributed by atoms with Crippen LogP contribution in [0.3, 0.4) is 0 Å². The van der Waals surface area contributed by atoms with Crippen LogP contribution in [0, 0.1) is 0 Å². The topological polar surface area (TPSA) is 44.2 Å². The third kappa shape index (κ3) is 3.15. The second kappa shape index (κ2) is 5.05. The van der Waals surface area contributed by atoms with E-state index in [1.165, 1.54) is 0 Å². The van der Waals surface area contributed by atoms with Crippen molar-refractivity contribution >= 4 is 15.9 Å². The number of rotatable bonds is 4. The quantitative estimate of drug-likeness (QED) is 0.797. The first kappa shape index (κ1) is 2.92. The number of halogens is 1. The number of aromatic nitrogens is 2. The minimum Gasteiger partial charge on any atom is -0.474 e. The first-order valence-corrected chi connectivity index (χ1v) is 3.44. The van der Waals surface area contributed by atoms with Gasteiger partial charge < -0.3 is 9.47 Å². The molecule has 0 aliphatic rings. The van der Waals surface area contributed by atoms with Crippen molar-refractivity contribution < 1.29 is 21.8 Å². The Kier molecular flexibility index (Phi) is 1.23. The average molecular weight is 242 g/mol. The van der Waals surface area contributed by atoms with E-state index in [-0.39, 0.29) is 4.60 Å². The summed E-state index contributed by atoms with van der Waals surface area (Å²) in [5.41, 5.74) is 0. The molecule has 1 aromatic rings. The van der Waals surface area contributed by atoms with Crippen LogP contribution >= 0.6 is 15.9 Å². The molecule has 0 unspecified atom stereocenters. The Morgan fingerprint density at radius 2 is 2.58 bits per heavy atom. The predicted molar refractivity (Wildman–Crippen MR) is 47.1 cm³/mol. The van der Waals surface area contributed by atoms with E-state index in [1.54, 1.807) is 0 Å². The van der Waals surface area contributed by atoms with Crippen molar-refractivity contribution in [2.45, 2.75) is 0 Å². The lowest BCUT2D eigenvalue weighted by atomic mass is 10.7. The molecule has 0 bridgehead atoms. The van der Waals surface area contributed by atoms with E-state index in [2.05, 4.69) is 35.4 Å². The zero-order valence-corrected chi connectivity index (χ0v) is 7.17. The van der Waals surface area contributed by atoms with Gasteiger partial charge in [-0.25, -0.2) is 9.97 Å². The van der Waals surface area contributed by atoms with Gasteiger partial charge in [0.25, 0.3) is 0 Å². The molecule has 4 nitrogen and oxygen atoms in total. The van der Waals surface area contributed by atoms with Crippen molar-refractivity contribution in [2.24, 2.45) is 0 Å². The van der Waals surface area contributed by atoms with E-state index >= 15 is 0 Å². The van der Waals surface area contributed by atoms with Crippen LogP contribution in [0.4, 0.5) is 0 Å². The molecule has 0 saturated heterocycles. The van der Waals surface area contributed by atoms with Crippen LogP contribution in [-0.4, -0.2) is 30.1 Å². The molecule has 0 fully saturated rings. The number of hydrogen-bond donors (Lipinski definition) is 0. The second-order valence-corrected chi connectivity index (χ2v) is 2.20. The van der Waals surface area contributed by atoms with Crippen molar-refractivity contribution in [3.63, 3.8) is 0 Å². The number of nitrogens with zero attached hydrogens (tertiary/aromatic N) is 2. The molecule has 0 aliphatic carbocycles. The van der Waals surface area contributed by atoms with Gasteiger partial charge in [-0.3, -0.25) is 0 Å². The van der Waals surface area contributed by atoms with Gasteiger partial charge in [0, 0.05) is 7.04 Å². The lowest BCUT2D eigenvalue weighted by molar-refractivity contribution is 0.143. The standard InChI is InChI=1S/C7H9BrN2O2/c1-11-2-3-12-7-5-9-6(8)4-10-7/h4-5H,2-3H2,1H3/i1D3,2D2,3D2,4D,5D. The van der Waals surface area contributed by atoms with E-state index < -0.39 is 38.4 Å². The zero-order valence-electron chi connectivity index (χ0n) is 14.6. The van der Waals surface area contributed by atoms with E-state index in [0.29, 0.717) is 0 Å². The van der Waals surface area contributed by atoms with E-state index in [4.69, 9.17) is 12.3 Å². The Morgan fingerprint density at radius 3 is 3.42 bits per heavy atom. The molecule has 0 saturated carbocycles. The van der Waals surface area contributed by atoms with Crippen LogP contribution in [0.1, 0.15) is 12.3 Å². The highest BCUT2D eigenvalue weighted by Crippen LogP contribution is 2.07. The van der Waals surface area contributed by atoms with Gasteiger partial charge in [-0.2, -0.15) is 0 Å². The normalized spacial score (nSPS) is 24.2. The maximum absolute atomic E-state index is 7.44. The van der Waals surface area contributed by atoms with Crippen LogP contribution in [0.5, 0.6) is 5.88 Å². The van der Waals surface area contributed by atoms with Gasteiger partial charge in [0.15, 0.2) is 0 Å². The number of methoxy groups -OCH3 is 1. The summed E-state index contributed by atoms with van der Waals surface area (Å²) in [5.74, 6) is -0.772. The second-order valence-electron chi connectivity index (χ2n) is 1.45. The van der Waals surface area contributed by atoms with Gasteiger partial charge in [0.2, 0.25) is 5.88 Å². The SMILES string of the molecule is [2H]c1nc(OC([2H])([2H])C([2H])([2H])OC([2H])([2H])[2H])c([2H])nc1Br. The molecule has 1 aromatic heterocycles. The summed E-state index contributed by atoms with van der Waals surface area (Å²) in [6, 6.07) is 0. The molecule has 5 heteroatoms. The molecular weight excluding hydrogens is 224 g/mol. The van der Waals surface area contributed by atoms with Gasteiger partial charge in [0.1, 0.15) is 11.2 Å². The third-order valence-electron chi connectivity index (χ3n) is 0.740. The molecule has 66 valence electrons. The molecule has 0 atom stereocenters. The fourth-order valence-electron chi connectivity index (χ4n) is 0.379. The van der Waals surface area contributed by atoms with Crippen molar-refractivity contribution in [1.29, 1.82) is 0 Å². The van der Waals surface area contributed by atoms with Gasteiger partial charge in [0.05, 0.1) is 31.2 Å². The lowest BCUT2D eigenvalue weighted by Gasteiger charge is -2.02. The Labute approximate surface area is 91.7 Å². The van der Waals surface area contributed by atoms with Crippen LogP contribution in [0.15, 0.2) is 16.9 Å². The molecule has 0 spiro atoms. The third-order valence-corrected chi connectivity index (χ3v) is 1.09. The number of hydrogen-bond acceptors (Lipinski definition) is 4. The first-order chi connectivity index (χ1) is 9.25. The monoisotopic (exact) mass is 241 g/mol. The maximum Gasteiger partial charge on any atom is 0.232 e. The fourth-order valence-corrected chi connectivity index (χ4v) is 0.557. The molecule has 12 heavy (non-hydrogen) atoms. The smallest absolute Gasteiger partial charge is 0.232 e. The van der Waals surface area contributed by atoms with Gasteiger partial charge in [-0.15, -0.1) is 0 Å². The molecule has 1 rings (SSSR count). The van der Waals surface area contributed by atoms with Gasteiger partial charge in [-0.1, -0.05) is 0 Å². The summed E-state index contributed by atoms with van der Waals surface area (Å²) in [6.45, 7) is -6.65. The van der Waals surface area contributed by atoms with Crippen LogP contribution in [0.2, 0.25) is 0 Å².